The molecule has 0 radical (unpaired) electrons. The second kappa shape index (κ2) is 6.85. The van der Waals surface area contributed by atoms with E-state index in [1.54, 1.807) is 6.07 Å². The molecule has 116 valence electrons. The number of benzene rings is 1. The predicted octanol–water partition coefficient (Wildman–Crippen LogP) is 3.39. The Hall–Kier alpha value is -0.980. The van der Waals surface area contributed by atoms with Crippen LogP contribution in [0, 0.1) is 16.0 Å². The standard InChI is InChI=1S/C15H21BrN2O3/c1-11-2-4-15(19,5-3-11)10-17-9-12-6-13(16)8-14(7-12)18(20)21/h6-8,11,17,19H,2-5,9-10H2,1H3. The van der Waals surface area contributed by atoms with Gasteiger partial charge in [0.25, 0.3) is 5.69 Å². The quantitative estimate of drug-likeness (QED) is 0.626. The normalized spacial score (nSPS) is 25.8. The van der Waals surface area contributed by atoms with Gasteiger partial charge >= 0.3 is 0 Å². The Bertz CT molecular complexity index is 514. The molecule has 1 aliphatic carbocycles. The number of halogens is 1. The van der Waals surface area contributed by atoms with Crippen molar-refractivity contribution >= 4 is 21.6 Å². The van der Waals surface area contributed by atoms with Crippen molar-refractivity contribution < 1.29 is 10.0 Å². The second-order valence-electron chi connectivity index (χ2n) is 6.09. The van der Waals surface area contributed by atoms with Crippen molar-refractivity contribution in [2.45, 2.75) is 44.8 Å². The molecular weight excluding hydrogens is 336 g/mol. The van der Waals surface area contributed by atoms with Crippen LogP contribution in [0.25, 0.3) is 0 Å². The van der Waals surface area contributed by atoms with Gasteiger partial charge in [-0.25, -0.2) is 0 Å². The molecule has 6 heteroatoms. The van der Waals surface area contributed by atoms with Crippen molar-refractivity contribution in [3.63, 3.8) is 0 Å². The molecule has 2 rings (SSSR count). The number of non-ortho nitro benzene ring substituents is 1. The number of hydrogen-bond acceptors (Lipinski definition) is 4. The zero-order valence-electron chi connectivity index (χ0n) is 12.1. The minimum absolute atomic E-state index is 0.0753. The lowest BCUT2D eigenvalue weighted by Gasteiger charge is -2.35. The number of aliphatic hydroxyl groups is 1. The summed E-state index contributed by atoms with van der Waals surface area (Å²) in [6.45, 7) is 3.26. The third kappa shape index (κ3) is 4.76. The van der Waals surface area contributed by atoms with E-state index in [1.807, 2.05) is 6.07 Å². The summed E-state index contributed by atoms with van der Waals surface area (Å²) >= 11 is 3.29. The lowest BCUT2D eigenvalue weighted by Crippen LogP contribution is -2.43. The molecule has 0 atom stereocenters. The molecule has 0 heterocycles. The van der Waals surface area contributed by atoms with Crippen LogP contribution in [-0.4, -0.2) is 22.2 Å². The zero-order chi connectivity index (χ0) is 15.5. The average molecular weight is 357 g/mol. The van der Waals surface area contributed by atoms with Gasteiger partial charge in [0.1, 0.15) is 0 Å². The molecule has 0 aliphatic heterocycles. The third-order valence-electron chi connectivity index (χ3n) is 4.14. The topological polar surface area (TPSA) is 75.4 Å². The van der Waals surface area contributed by atoms with E-state index in [0.29, 0.717) is 23.5 Å². The molecule has 1 saturated carbocycles. The Morgan fingerprint density at radius 3 is 2.71 bits per heavy atom. The van der Waals surface area contributed by atoms with Gasteiger partial charge in [-0.3, -0.25) is 10.1 Å². The summed E-state index contributed by atoms with van der Waals surface area (Å²) in [7, 11) is 0. The van der Waals surface area contributed by atoms with Crippen LogP contribution in [0.1, 0.15) is 38.2 Å². The summed E-state index contributed by atoms with van der Waals surface area (Å²) in [5.41, 5.74) is 0.278. The number of nitrogens with zero attached hydrogens (tertiary/aromatic N) is 1. The molecule has 0 aromatic heterocycles. The Labute approximate surface area is 133 Å². The highest BCUT2D eigenvalue weighted by molar-refractivity contribution is 9.10. The minimum Gasteiger partial charge on any atom is -0.389 e. The van der Waals surface area contributed by atoms with Crippen LogP contribution < -0.4 is 5.32 Å². The third-order valence-corrected chi connectivity index (χ3v) is 4.60. The Balaban J connectivity index is 1.90. The lowest BCUT2D eigenvalue weighted by atomic mass is 9.79. The minimum atomic E-state index is -0.634. The molecular formula is C15H21BrN2O3. The molecule has 21 heavy (non-hydrogen) atoms. The van der Waals surface area contributed by atoms with E-state index < -0.39 is 10.5 Å². The number of rotatable bonds is 5. The van der Waals surface area contributed by atoms with E-state index in [1.165, 1.54) is 6.07 Å². The smallest absolute Gasteiger partial charge is 0.270 e. The first kappa shape index (κ1) is 16.4. The van der Waals surface area contributed by atoms with Crippen LogP contribution in [0.4, 0.5) is 5.69 Å². The lowest BCUT2D eigenvalue weighted by molar-refractivity contribution is -0.385. The molecule has 0 spiro atoms. The van der Waals surface area contributed by atoms with E-state index in [4.69, 9.17) is 0 Å². The average Bonchev–Trinajstić information content (AvgIpc) is 2.42. The fourth-order valence-corrected chi connectivity index (χ4v) is 3.29. The molecule has 0 unspecified atom stereocenters. The van der Waals surface area contributed by atoms with Crippen molar-refractivity contribution in [2.75, 3.05) is 6.54 Å². The van der Waals surface area contributed by atoms with Crippen molar-refractivity contribution in [3.8, 4) is 0 Å². The maximum Gasteiger partial charge on any atom is 0.270 e. The molecule has 1 aromatic carbocycles. The molecule has 2 N–H and O–H groups in total. The van der Waals surface area contributed by atoms with E-state index in [0.717, 1.165) is 31.2 Å². The molecule has 1 aliphatic rings. The molecule has 5 nitrogen and oxygen atoms in total. The van der Waals surface area contributed by atoms with Gasteiger partial charge in [0.2, 0.25) is 0 Å². The van der Waals surface area contributed by atoms with Crippen molar-refractivity contribution in [1.82, 2.24) is 5.32 Å². The predicted molar refractivity (Wildman–Crippen MR) is 85.1 cm³/mol. The van der Waals surface area contributed by atoms with Crippen molar-refractivity contribution in [1.29, 1.82) is 0 Å². The highest BCUT2D eigenvalue weighted by Crippen LogP contribution is 2.31. The number of nitrogens with one attached hydrogen (secondary N) is 1. The fraction of sp³-hybridized carbons (Fsp3) is 0.600. The van der Waals surface area contributed by atoms with Gasteiger partial charge in [0, 0.05) is 29.7 Å². The highest BCUT2D eigenvalue weighted by Gasteiger charge is 2.31. The van der Waals surface area contributed by atoms with Gasteiger partial charge in [-0.15, -0.1) is 0 Å². The van der Waals surface area contributed by atoms with E-state index in [9.17, 15) is 15.2 Å². The van der Waals surface area contributed by atoms with Gasteiger partial charge in [-0.05, 0) is 43.2 Å². The Morgan fingerprint density at radius 2 is 2.10 bits per heavy atom. The second-order valence-corrected chi connectivity index (χ2v) is 7.00. The number of nitro groups is 1. The van der Waals surface area contributed by atoms with Gasteiger partial charge in [0.05, 0.1) is 10.5 Å². The highest BCUT2D eigenvalue weighted by atomic mass is 79.9. The van der Waals surface area contributed by atoms with Crippen molar-refractivity contribution in [2.24, 2.45) is 5.92 Å². The Morgan fingerprint density at radius 1 is 1.43 bits per heavy atom. The SMILES string of the molecule is CC1CCC(O)(CNCc2cc(Br)cc([N+](=O)[O-])c2)CC1. The number of hydrogen-bond donors (Lipinski definition) is 2. The van der Waals surface area contributed by atoms with Crippen LogP contribution in [0.2, 0.25) is 0 Å². The van der Waals surface area contributed by atoms with Gasteiger partial charge in [0.15, 0.2) is 0 Å². The summed E-state index contributed by atoms with van der Waals surface area (Å²) in [5.74, 6) is 0.693. The molecule has 1 aromatic rings. The maximum absolute atomic E-state index is 10.8. The van der Waals surface area contributed by atoms with E-state index in [-0.39, 0.29) is 5.69 Å². The number of nitro benzene ring substituents is 1. The summed E-state index contributed by atoms with van der Waals surface area (Å²) < 4.78 is 0.693. The van der Waals surface area contributed by atoms with E-state index >= 15 is 0 Å². The summed E-state index contributed by atoms with van der Waals surface area (Å²) in [6, 6.07) is 4.90. The first-order valence-corrected chi connectivity index (χ1v) is 8.04. The first-order chi connectivity index (χ1) is 9.88. The molecule has 0 saturated heterocycles. The first-order valence-electron chi connectivity index (χ1n) is 7.25. The van der Waals surface area contributed by atoms with Gasteiger partial charge in [-0.2, -0.15) is 0 Å². The van der Waals surface area contributed by atoms with Crippen LogP contribution in [0.5, 0.6) is 0 Å². The van der Waals surface area contributed by atoms with Crippen LogP contribution in [-0.2, 0) is 6.54 Å². The van der Waals surface area contributed by atoms with Crippen LogP contribution >= 0.6 is 15.9 Å². The monoisotopic (exact) mass is 356 g/mol. The summed E-state index contributed by atoms with van der Waals surface area (Å²) in [6.07, 6.45) is 3.75. The molecule has 0 amide bonds. The fourth-order valence-electron chi connectivity index (χ4n) is 2.76. The molecule has 0 bridgehead atoms. The summed E-state index contributed by atoms with van der Waals surface area (Å²) in [5, 5.41) is 24.5. The Kier molecular flexibility index (Phi) is 5.35. The van der Waals surface area contributed by atoms with Crippen LogP contribution in [0.15, 0.2) is 22.7 Å². The van der Waals surface area contributed by atoms with Gasteiger partial charge < -0.3 is 10.4 Å². The van der Waals surface area contributed by atoms with Crippen LogP contribution in [0.3, 0.4) is 0 Å². The molecule has 1 fully saturated rings. The zero-order valence-corrected chi connectivity index (χ0v) is 13.7. The summed E-state index contributed by atoms with van der Waals surface area (Å²) in [4.78, 5) is 10.4. The largest absolute Gasteiger partial charge is 0.389 e. The van der Waals surface area contributed by atoms with Crippen molar-refractivity contribution in [3.05, 3.63) is 38.3 Å². The van der Waals surface area contributed by atoms with E-state index in [2.05, 4.69) is 28.2 Å². The maximum atomic E-state index is 10.8. The van der Waals surface area contributed by atoms with Gasteiger partial charge in [-0.1, -0.05) is 22.9 Å².